The van der Waals surface area contributed by atoms with Gasteiger partial charge >= 0.3 is 6.03 Å². The molecule has 1 aliphatic heterocycles. The Kier molecular flexibility index (Phi) is 12.4. The van der Waals surface area contributed by atoms with Crippen LogP contribution in [0.25, 0.3) is 0 Å². The molecule has 1 saturated carbocycles. The van der Waals surface area contributed by atoms with Gasteiger partial charge in [-0.2, -0.15) is 0 Å². The number of hydrogen-bond donors (Lipinski definition) is 4. The molecule has 12 heteroatoms. The minimum atomic E-state index is -1.07. The van der Waals surface area contributed by atoms with Gasteiger partial charge in [0.15, 0.2) is 0 Å². The Morgan fingerprint density at radius 3 is 2.04 bits per heavy atom. The average molecular weight is 652 g/mol. The SMILES string of the molecule is CCCC(NC(=O)C1C2C(CN1C(=O)[C@@H](NC(=O)NC(C)(C)C)C(C)(C)C)C2(C)C)C(=O)C(=O)NCCC(=O)CSC(C)(C)C. The second kappa shape index (κ2) is 14.4. The van der Waals surface area contributed by atoms with Crippen LogP contribution in [0.2, 0.25) is 0 Å². The van der Waals surface area contributed by atoms with Crippen molar-refractivity contribution in [2.75, 3.05) is 18.8 Å². The number of likely N-dealkylation sites (tertiary alicyclic amines) is 1. The van der Waals surface area contributed by atoms with E-state index < -0.39 is 52.7 Å². The summed E-state index contributed by atoms with van der Waals surface area (Å²) in [5, 5.41) is 11.0. The molecule has 4 unspecified atom stereocenters. The van der Waals surface area contributed by atoms with E-state index in [9.17, 15) is 28.8 Å². The van der Waals surface area contributed by atoms with E-state index in [1.165, 1.54) is 16.7 Å². The van der Waals surface area contributed by atoms with Crippen LogP contribution in [0.5, 0.6) is 0 Å². The molecule has 5 amide bonds. The number of piperidine rings is 1. The fourth-order valence-corrected chi connectivity index (χ4v) is 6.62. The highest BCUT2D eigenvalue weighted by Gasteiger charge is 2.70. The van der Waals surface area contributed by atoms with Crippen LogP contribution in [0.1, 0.15) is 102 Å². The second-order valence-corrected chi connectivity index (χ2v) is 18.0. The number of nitrogens with one attached hydrogen (secondary N) is 4. The molecule has 1 saturated heterocycles. The number of fused-ring (bicyclic) bond motifs is 1. The van der Waals surface area contributed by atoms with Crippen molar-refractivity contribution in [3.05, 3.63) is 0 Å². The Morgan fingerprint density at radius 2 is 1.53 bits per heavy atom. The van der Waals surface area contributed by atoms with Crippen LogP contribution in [0.3, 0.4) is 0 Å². The van der Waals surface area contributed by atoms with Crippen LogP contribution in [-0.4, -0.2) is 87.5 Å². The Morgan fingerprint density at radius 1 is 0.933 bits per heavy atom. The van der Waals surface area contributed by atoms with Crippen molar-refractivity contribution in [1.82, 2.24) is 26.2 Å². The van der Waals surface area contributed by atoms with Crippen molar-refractivity contribution in [1.29, 1.82) is 0 Å². The van der Waals surface area contributed by atoms with Crippen molar-refractivity contribution in [2.45, 2.75) is 131 Å². The molecule has 0 aromatic heterocycles. The molecule has 2 rings (SSSR count). The minimum Gasteiger partial charge on any atom is -0.349 e. The maximum Gasteiger partial charge on any atom is 0.315 e. The summed E-state index contributed by atoms with van der Waals surface area (Å²) in [6, 6.07) is -3.29. The van der Waals surface area contributed by atoms with Gasteiger partial charge in [-0.3, -0.25) is 24.0 Å². The zero-order valence-electron chi connectivity index (χ0n) is 29.4. The highest BCUT2D eigenvalue weighted by Crippen LogP contribution is 2.65. The first-order valence-corrected chi connectivity index (χ1v) is 17.1. The third-order valence-electron chi connectivity index (χ3n) is 8.43. The normalized spacial score (nSPS) is 22.0. The largest absolute Gasteiger partial charge is 0.349 e. The first-order chi connectivity index (χ1) is 20.4. The third-order valence-corrected chi connectivity index (χ3v) is 9.76. The summed E-state index contributed by atoms with van der Waals surface area (Å²) in [5.74, 6) is -2.19. The standard InChI is InChI=1S/C33H57N5O6S/c1-13-14-21(24(40)27(42)34-16-15-19(39)18-45-32(8,9)10)35-26(41)23-22-20(33(22,11)12)17-38(23)28(43)25(30(2,3)4)36-29(44)37-31(5,6)7/h20-23,25H,13-18H2,1-12H3,(H,34,42)(H,35,41)(H2,36,37,44)/t20?,21?,22?,23?,25-/m1/s1. The van der Waals surface area contributed by atoms with Crippen LogP contribution in [0.15, 0.2) is 0 Å². The van der Waals surface area contributed by atoms with E-state index in [2.05, 4.69) is 35.1 Å². The molecule has 5 atom stereocenters. The molecular weight excluding hydrogens is 594 g/mol. The van der Waals surface area contributed by atoms with Gasteiger partial charge in [-0.15, -0.1) is 11.8 Å². The maximum atomic E-state index is 14.1. The molecule has 0 aromatic carbocycles. The average Bonchev–Trinajstić information content (AvgIpc) is 3.20. The van der Waals surface area contributed by atoms with Crippen LogP contribution in [0.4, 0.5) is 4.79 Å². The maximum absolute atomic E-state index is 14.1. The van der Waals surface area contributed by atoms with Gasteiger partial charge in [0.05, 0.1) is 11.8 Å². The Hall–Kier alpha value is -2.63. The molecule has 0 bridgehead atoms. The van der Waals surface area contributed by atoms with Gasteiger partial charge in [-0.1, -0.05) is 68.7 Å². The van der Waals surface area contributed by atoms with E-state index in [0.29, 0.717) is 18.7 Å². The van der Waals surface area contributed by atoms with E-state index in [1.54, 1.807) is 0 Å². The lowest BCUT2D eigenvalue weighted by molar-refractivity contribution is -0.145. The number of amides is 5. The number of hydrogen-bond acceptors (Lipinski definition) is 7. The summed E-state index contributed by atoms with van der Waals surface area (Å²) >= 11 is 1.52. The quantitative estimate of drug-likeness (QED) is 0.223. The molecule has 11 nitrogen and oxygen atoms in total. The van der Waals surface area contributed by atoms with Gasteiger partial charge in [0.1, 0.15) is 17.9 Å². The summed E-state index contributed by atoms with van der Waals surface area (Å²) in [7, 11) is 0. The number of ketones is 2. The first-order valence-electron chi connectivity index (χ1n) is 16.1. The number of carbonyl (C=O) groups is 6. The molecule has 0 spiro atoms. The topological polar surface area (TPSA) is 154 Å². The molecule has 0 radical (unpaired) electrons. The van der Waals surface area contributed by atoms with Gasteiger partial charge in [-0.05, 0) is 49.9 Å². The summed E-state index contributed by atoms with van der Waals surface area (Å²) in [4.78, 5) is 80.4. The zero-order chi connectivity index (χ0) is 34.7. The van der Waals surface area contributed by atoms with E-state index in [1.807, 2.05) is 69.2 Å². The van der Waals surface area contributed by atoms with Crippen LogP contribution in [-0.2, 0) is 24.0 Å². The number of nitrogens with zero attached hydrogens (tertiary/aromatic N) is 1. The van der Waals surface area contributed by atoms with Crippen molar-refractivity contribution < 1.29 is 28.8 Å². The summed E-state index contributed by atoms with van der Waals surface area (Å²) in [6.07, 6.45) is 0.896. The molecule has 1 heterocycles. The van der Waals surface area contributed by atoms with Crippen molar-refractivity contribution in [3.63, 3.8) is 0 Å². The molecule has 1 aliphatic carbocycles. The van der Waals surface area contributed by atoms with Crippen molar-refractivity contribution >= 4 is 47.1 Å². The molecule has 256 valence electrons. The van der Waals surface area contributed by atoms with Gasteiger partial charge < -0.3 is 26.2 Å². The van der Waals surface area contributed by atoms with E-state index in [-0.39, 0.29) is 53.1 Å². The van der Waals surface area contributed by atoms with Crippen LogP contribution in [0, 0.1) is 22.7 Å². The van der Waals surface area contributed by atoms with Crippen LogP contribution >= 0.6 is 11.8 Å². The number of Topliss-reactive ketones (excluding diaryl/α,β-unsaturated/α-hetero) is 2. The van der Waals surface area contributed by atoms with E-state index >= 15 is 0 Å². The lowest BCUT2D eigenvalue weighted by atomic mass is 9.85. The summed E-state index contributed by atoms with van der Waals surface area (Å²) in [6.45, 7) is 23.5. The van der Waals surface area contributed by atoms with Crippen molar-refractivity contribution in [3.8, 4) is 0 Å². The fraction of sp³-hybridized carbons (Fsp3) is 0.818. The Labute approximate surface area is 273 Å². The van der Waals surface area contributed by atoms with Gasteiger partial charge in [0.2, 0.25) is 17.6 Å². The molecular formula is C33H57N5O6S. The molecule has 2 fully saturated rings. The van der Waals surface area contributed by atoms with E-state index in [4.69, 9.17) is 0 Å². The van der Waals surface area contributed by atoms with Gasteiger partial charge in [-0.25, -0.2) is 4.79 Å². The summed E-state index contributed by atoms with van der Waals surface area (Å²) in [5.41, 5.74) is -1.33. The predicted octanol–water partition coefficient (Wildman–Crippen LogP) is 3.44. The van der Waals surface area contributed by atoms with Crippen molar-refractivity contribution in [2.24, 2.45) is 22.7 Å². The van der Waals surface area contributed by atoms with E-state index in [0.717, 1.165) is 0 Å². The van der Waals surface area contributed by atoms with Crippen LogP contribution < -0.4 is 21.3 Å². The highest BCUT2D eigenvalue weighted by atomic mass is 32.2. The predicted molar refractivity (Wildman–Crippen MR) is 178 cm³/mol. The lowest BCUT2D eigenvalue weighted by Crippen LogP contribution is -2.62. The number of carbonyl (C=O) groups excluding carboxylic acids is 6. The number of rotatable bonds is 13. The monoisotopic (exact) mass is 651 g/mol. The Bertz CT molecular complexity index is 1150. The Balaban J connectivity index is 2.17. The number of urea groups is 1. The van der Waals surface area contributed by atoms with Gasteiger partial charge in [0.25, 0.3) is 5.91 Å². The first kappa shape index (κ1) is 38.6. The molecule has 0 aromatic rings. The lowest BCUT2D eigenvalue weighted by Gasteiger charge is -2.38. The summed E-state index contributed by atoms with van der Waals surface area (Å²) < 4.78 is -0.0548. The molecule has 2 aliphatic rings. The smallest absolute Gasteiger partial charge is 0.315 e. The third kappa shape index (κ3) is 10.7. The minimum absolute atomic E-state index is 0.0207. The zero-order valence-corrected chi connectivity index (χ0v) is 30.3. The van der Waals surface area contributed by atoms with Gasteiger partial charge in [0, 0.05) is 29.8 Å². The second-order valence-electron chi connectivity index (χ2n) is 16.2. The molecule has 4 N–H and O–H groups in total. The highest BCUT2D eigenvalue weighted by molar-refractivity contribution is 8.01. The number of thioether (sulfide) groups is 1. The molecule has 45 heavy (non-hydrogen) atoms. The fourth-order valence-electron chi connectivity index (χ4n) is 5.88.